The summed E-state index contributed by atoms with van der Waals surface area (Å²) < 4.78 is 38.5. The molecule has 8 heteroatoms. The molecule has 1 heterocycles. The second-order valence-electron chi connectivity index (χ2n) is 6.83. The summed E-state index contributed by atoms with van der Waals surface area (Å²) in [5.74, 6) is -0.364. The second-order valence-corrected chi connectivity index (χ2v) is 7.24. The quantitative estimate of drug-likeness (QED) is 0.865. The van der Waals surface area contributed by atoms with E-state index in [1.807, 2.05) is 18.7 Å². The standard InChI is InChI=1S/C16H21ClF3N3O/c1-15(2)9-23(6-5-13(15)21)8-14(24)22-10-3-4-12(17)11(7-10)16(18,19)20/h3-4,7,13H,5-6,8-9,21H2,1-2H3,(H,22,24). The zero-order valence-electron chi connectivity index (χ0n) is 13.6. The molecule has 1 aliphatic heterocycles. The van der Waals surface area contributed by atoms with Gasteiger partial charge in [-0.25, -0.2) is 0 Å². The van der Waals surface area contributed by atoms with Gasteiger partial charge in [-0.1, -0.05) is 25.4 Å². The molecule has 3 N–H and O–H groups in total. The van der Waals surface area contributed by atoms with E-state index in [0.29, 0.717) is 13.1 Å². The molecule has 0 spiro atoms. The molecule has 1 aliphatic rings. The predicted molar refractivity (Wildman–Crippen MR) is 87.9 cm³/mol. The van der Waals surface area contributed by atoms with Gasteiger partial charge in [-0.2, -0.15) is 13.2 Å². The minimum atomic E-state index is -4.56. The van der Waals surface area contributed by atoms with E-state index in [0.717, 1.165) is 18.6 Å². The van der Waals surface area contributed by atoms with Crippen molar-refractivity contribution in [1.82, 2.24) is 4.90 Å². The van der Waals surface area contributed by atoms with Gasteiger partial charge in [0.15, 0.2) is 0 Å². The third kappa shape index (κ3) is 4.62. The Kier molecular flexibility index (Phi) is 5.47. The first-order valence-electron chi connectivity index (χ1n) is 7.63. The number of rotatable bonds is 3. The third-order valence-corrected chi connectivity index (χ3v) is 4.64. The Morgan fingerprint density at radius 1 is 1.46 bits per heavy atom. The number of hydrogen-bond donors (Lipinski definition) is 2. The molecule has 0 radical (unpaired) electrons. The average molecular weight is 364 g/mol. The molecular weight excluding hydrogens is 343 g/mol. The summed E-state index contributed by atoms with van der Waals surface area (Å²) in [5, 5.41) is 2.10. The van der Waals surface area contributed by atoms with Crippen LogP contribution in [-0.4, -0.2) is 36.5 Å². The number of benzene rings is 1. The molecule has 0 bridgehead atoms. The number of piperidine rings is 1. The Hall–Kier alpha value is -1.31. The van der Waals surface area contributed by atoms with Crippen LogP contribution in [0.4, 0.5) is 18.9 Å². The molecule has 0 saturated carbocycles. The molecule has 1 fully saturated rings. The predicted octanol–water partition coefficient (Wildman–Crippen LogP) is 3.36. The van der Waals surface area contributed by atoms with Gasteiger partial charge in [0.1, 0.15) is 0 Å². The van der Waals surface area contributed by atoms with Crippen LogP contribution in [0.3, 0.4) is 0 Å². The van der Waals surface area contributed by atoms with Gasteiger partial charge in [-0.3, -0.25) is 9.69 Å². The molecule has 1 aromatic carbocycles. The van der Waals surface area contributed by atoms with Crippen LogP contribution < -0.4 is 11.1 Å². The number of carbonyl (C=O) groups excluding carboxylic acids is 1. The summed E-state index contributed by atoms with van der Waals surface area (Å²) >= 11 is 5.57. The highest BCUT2D eigenvalue weighted by atomic mass is 35.5. The Labute approximate surface area is 144 Å². The Morgan fingerprint density at radius 3 is 2.71 bits per heavy atom. The smallest absolute Gasteiger partial charge is 0.327 e. The molecule has 0 aromatic heterocycles. The largest absolute Gasteiger partial charge is 0.417 e. The molecular formula is C16H21ClF3N3O. The minimum absolute atomic E-state index is 0.0717. The van der Waals surface area contributed by atoms with E-state index in [9.17, 15) is 18.0 Å². The summed E-state index contributed by atoms with van der Waals surface area (Å²) in [7, 11) is 0. The van der Waals surface area contributed by atoms with Gasteiger partial charge in [-0.05, 0) is 30.0 Å². The highest BCUT2D eigenvalue weighted by Gasteiger charge is 2.35. The van der Waals surface area contributed by atoms with Gasteiger partial charge in [0, 0.05) is 24.8 Å². The summed E-state index contributed by atoms with van der Waals surface area (Å²) in [4.78, 5) is 14.1. The van der Waals surface area contributed by atoms with Crippen molar-refractivity contribution in [2.75, 3.05) is 25.0 Å². The Morgan fingerprint density at radius 2 is 2.12 bits per heavy atom. The number of alkyl halides is 3. The van der Waals surface area contributed by atoms with Gasteiger partial charge in [0.05, 0.1) is 17.1 Å². The van der Waals surface area contributed by atoms with Crippen LogP contribution in [0.5, 0.6) is 0 Å². The van der Waals surface area contributed by atoms with Gasteiger partial charge in [0.25, 0.3) is 0 Å². The lowest BCUT2D eigenvalue weighted by atomic mass is 9.80. The molecule has 1 saturated heterocycles. The fourth-order valence-electron chi connectivity index (χ4n) is 2.84. The first kappa shape index (κ1) is 19.0. The van der Waals surface area contributed by atoms with Crippen LogP contribution >= 0.6 is 11.6 Å². The lowest BCUT2D eigenvalue weighted by Gasteiger charge is -2.42. The fraction of sp³-hybridized carbons (Fsp3) is 0.562. The lowest BCUT2D eigenvalue weighted by Crippen LogP contribution is -2.53. The number of amides is 1. The summed E-state index contributed by atoms with van der Waals surface area (Å²) in [6, 6.07) is 3.40. The van der Waals surface area contributed by atoms with E-state index in [-0.39, 0.29) is 29.6 Å². The maximum absolute atomic E-state index is 12.8. The van der Waals surface area contributed by atoms with Gasteiger partial charge >= 0.3 is 6.18 Å². The number of carbonyl (C=O) groups is 1. The fourth-order valence-corrected chi connectivity index (χ4v) is 3.07. The summed E-state index contributed by atoms with van der Waals surface area (Å²) in [6.07, 6.45) is -3.79. The highest BCUT2D eigenvalue weighted by molar-refractivity contribution is 6.31. The molecule has 2 rings (SSSR count). The van der Waals surface area contributed by atoms with E-state index in [2.05, 4.69) is 5.32 Å². The number of halogens is 4. The zero-order chi connectivity index (χ0) is 18.1. The van der Waals surface area contributed by atoms with Gasteiger partial charge in [0.2, 0.25) is 5.91 Å². The summed E-state index contributed by atoms with van der Waals surface area (Å²) in [5.41, 5.74) is 5.05. The second kappa shape index (κ2) is 6.90. The van der Waals surface area contributed by atoms with Crippen LogP contribution in [0.1, 0.15) is 25.8 Å². The van der Waals surface area contributed by atoms with Crippen molar-refractivity contribution in [3.63, 3.8) is 0 Å². The Bertz CT molecular complexity index is 619. The Balaban J connectivity index is 2.01. The molecule has 1 amide bonds. The molecule has 134 valence electrons. The molecule has 1 unspecified atom stereocenters. The molecule has 1 aromatic rings. The van der Waals surface area contributed by atoms with Gasteiger partial charge < -0.3 is 11.1 Å². The maximum Gasteiger partial charge on any atom is 0.417 e. The van der Waals surface area contributed by atoms with E-state index >= 15 is 0 Å². The van der Waals surface area contributed by atoms with Crippen LogP contribution in [-0.2, 0) is 11.0 Å². The number of nitrogens with zero attached hydrogens (tertiary/aromatic N) is 1. The van der Waals surface area contributed by atoms with Crippen molar-refractivity contribution in [3.05, 3.63) is 28.8 Å². The van der Waals surface area contributed by atoms with Crippen molar-refractivity contribution in [1.29, 1.82) is 0 Å². The molecule has 4 nitrogen and oxygen atoms in total. The van der Waals surface area contributed by atoms with E-state index in [1.165, 1.54) is 6.07 Å². The number of nitrogens with two attached hydrogens (primary N) is 1. The van der Waals surface area contributed by atoms with E-state index in [1.54, 1.807) is 0 Å². The average Bonchev–Trinajstić information content (AvgIpc) is 2.43. The number of anilines is 1. The molecule has 1 atom stereocenters. The van der Waals surface area contributed by atoms with Crippen molar-refractivity contribution >= 4 is 23.2 Å². The number of nitrogens with one attached hydrogen (secondary N) is 1. The zero-order valence-corrected chi connectivity index (χ0v) is 14.3. The first-order valence-corrected chi connectivity index (χ1v) is 8.01. The van der Waals surface area contributed by atoms with Crippen molar-refractivity contribution in [2.24, 2.45) is 11.1 Å². The number of hydrogen-bond acceptors (Lipinski definition) is 3. The van der Waals surface area contributed by atoms with Crippen LogP contribution in [0.2, 0.25) is 5.02 Å². The van der Waals surface area contributed by atoms with Crippen LogP contribution in [0.15, 0.2) is 18.2 Å². The summed E-state index contributed by atoms with van der Waals surface area (Å²) in [6.45, 7) is 5.54. The van der Waals surface area contributed by atoms with E-state index in [4.69, 9.17) is 17.3 Å². The number of likely N-dealkylation sites (tertiary alicyclic amines) is 1. The molecule has 0 aliphatic carbocycles. The van der Waals surface area contributed by atoms with E-state index < -0.39 is 16.8 Å². The lowest BCUT2D eigenvalue weighted by molar-refractivity contribution is -0.137. The maximum atomic E-state index is 12.8. The highest BCUT2D eigenvalue weighted by Crippen LogP contribution is 2.36. The first-order chi connectivity index (χ1) is 11.0. The van der Waals surface area contributed by atoms with Crippen LogP contribution in [0, 0.1) is 5.41 Å². The third-order valence-electron chi connectivity index (χ3n) is 4.31. The monoisotopic (exact) mass is 363 g/mol. The topological polar surface area (TPSA) is 58.4 Å². The van der Waals surface area contributed by atoms with Crippen LogP contribution in [0.25, 0.3) is 0 Å². The van der Waals surface area contributed by atoms with Crippen molar-refractivity contribution < 1.29 is 18.0 Å². The van der Waals surface area contributed by atoms with Crippen molar-refractivity contribution in [2.45, 2.75) is 32.5 Å². The van der Waals surface area contributed by atoms with Crippen molar-refractivity contribution in [3.8, 4) is 0 Å². The normalized spacial score (nSPS) is 21.5. The SMILES string of the molecule is CC1(C)CN(CC(=O)Nc2ccc(Cl)c(C(F)(F)F)c2)CCC1N. The molecule has 24 heavy (non-hydrogen) atoms. The van der Waals surface area contributed by atoms with Gasteiger partial charge in [-0.15, -0.1) is 0 Å². The minimum Gasteiger partial charge on any atom is -0.327 e.